The highest BCUT2D eigenvalue weighted by Gasteiger charge is 2.49. The number of alkyl halides is 2. The van der Waals surface area contributed by atoms with Crippen LogP contribution in [0.3, 0.4) is 0 Å². The van der Waals surface area contributed by atoms with Crippen LogP contribution in [-0.2, 0) is 29.8 Å². The lowest BCUT2D eigenvalue weighted by Gasteiger charge is -2.42. The zero-order valence-electron chi connectivity index (χ0n) is 30.1. The first-order valence-corrected chi connectivity index (χ1v) is 19.9. The van der Waals surface area contributed by atoms with Crippen LogP contribution in [0.4, 0.5) is 4.79 Å². The number of nitrogens with zero attached hydrogens (tertiary/aromatic N) is 1. The van der Waals surface area contributed by atoms with Gasteiger partial charge in [-0.05, 0) is 20.3 Å². The number of ether oxygens (including phenoxy) is 2. The Morgan fingerprint density at radius 3 is 2.24 bits per heavy atom. The maximum Gasteiger partial charge on any atom is 0.343 e. The van der Waals surface area contributed by atoms with Gasteiger partial charge in [0.15, 0.2) is 23.6 Å². The number of phenolic OH excluding ortho intramolecular Hbond substituents is 2. The van der Waals surface area contributed by atoms with E-state index in [1.807, 2.05) is 0 Å². The molecule has 2 saturated heterocycles. The van der Waals surface area contributed by atoms with Gasteiger partial charge in [-0.3, -0.25) is 24.2 Å². The summed E-state index contributed by atoms with van der Waals surface area (Å²) < 4.78 is 31.0. The highest BCUT2D eigenvalue weighted by atomic mass is 35.5. The summed E-state index contributed by atoms with van der Waals surface area (Å²) >= 11 is 11.1. The maximum absolute atomic E-state index is 13.3. The number of phenols is 2. The minimum atomic E-state index is -2.84. The van der Waals surface area contributed by atoms with E-state index in [1.54, 1.807) is 23.7 Å². The number of hydrogen-bond acceptors (Lipinski definition) is 14. The summed E-state index contributed by atoms with van der Waals surface area (Å²) in [6, 6.07) is 4.46. The average molecular weight is 835 g/mol. The van der Waals surface area contributed by atoms with Crippen molar-refractivity contribution in [3.63, 3.8) is 0 Å². The largest absolute Gasteiger partial charge is 0.507 e. The molecule has 2 fully saturated rings. The number of halogens is 2. The number of aromatic hydroxyl groups is 2. The van der Waals surface area contributed by atoms with Crippen LogP contribution in [0.5, 0.6) is 11.5 Å². The Balaban J connectivity index is 0.000000293. The fourth-order valence-electron chi connectivity index (χ4n) is 6.74. The van der Waals surface area contributed by atoms with Crippen molar-refractivity contribution in [2.75, 3.05) is 38.0 Å². The highest BCUT2D eigenvalue weighted by molar-refractivity contribution is 7.54. The molecule has 11 N–H and O–H groups in total. The van der Waals surface area contributed by atoms with Gasteiger partial charge >= 0.3 is 13.7 Å². The van der Waals surface area contributed by atoms with Crippen LogP contribution in [0.15, 0.2) is 24.3 Å². The van der Waals surface area contributed by atoms with Crippen molar-refractivity contribution < 1.29 is 63.4 Å². The average Bonchev–Trinajstić information content (AvgIpc) is 3.14. The monoisotopic (exact) mass is 833 g/mol. The van der Waals surface area contributed by atoms with Gasteiger partial charge in [0.25, 0.3) is 0 Å². The highest BCUT2D eigenvalue weighted by Crippen LogP contribution is 2.52. The van der Waals surface area contributed by atoms with Gasteiger partial charge in [0.2, 0.25) is 0 Å². The number of nitrogens with two attached hydrogens (primary N) is 2. The molecule has 7 atom stereocenters. The SMILES string of the molecule is CC(=O)[C@]1(O)Cc2c(O)c3c(c(O)c2[C@@H](O[C@H]2C[C@H](N)[C@H](O)[C@H](C)O2)C1)C(=O)c1ccccc1C3=O.NC(=O)NO.O=P1(NCCCl)OCCCN1CCCl. The second kappa shape index (κ2) is 18.8. The number of nitrogens with one attached hydrogen (secondary N) is 2. The Bertz CT molecular complexity index is 1810. The number of hydroxylamine groups is 1. The third-order valence-electron chi connectivity index (χ3n) is 9.55. The van der Waals surface area contributed by atoms with Gasteiger partial charge in [-0.1, -0.05) is 24.3 Å². The van der Waals surface area contributed by atoms with Crippen LogP contribution in [0, 0.1) is 0 Å². The molecule has 2 amide bonds. The minimum absolute atomic E-state index is 0.00588. The Kier molecular flexibility index (Phi) is 15.2. The molecule has 0 radical (unpaired) electrons. The number of carbonyl (C=O) groups is 4. The van der Waals surface area contributed by atoms with Crippen LogP contribution in [-0.4, -0.2) is 122 Å². The summed E-state index contributed by atoms with van der Waals surface area (Å²) in [6.45, 7) is 5.16. The first-order chi connectivity index (χ1) is 25.9. The molecule has 2 aliphatic heterocycles. The summed E-state index contributed by atoms with van der Waals surface area (Å²) in [5.41, 5.74) is 8.84. The summed E-state index contributed by atoms with van der Waals surface area (Å²) in [5.74, 6) is -2.18. The predicted molar refractivity (Wildman–Crippen MR) is 197 cm³/mol. The molecule has 21 heteroatoms. The number of primary amides is 1. The van der Waals surface area contributed by atoms with Gasteiger partial charge in [0, 0.05) is 79.0 Å². The van der Waals surface area contributed by atoms with Crippen molar-refractivity contribution >= 4 is 54.3 Å². The standard InChI is InChI=1S/C26H27NO9.C7H15Cl2N2O2P.CH4N2O2/c1-10-21(29)15(27)7-17(35-10)36-16-9-26(34,11(2)28)8-14-18(16)25(33)20-19(24(14)32)22(30)12-5-3-4-6-13(12)23(20)31;8-2-4-10-14(12)11(6-3-9)5-1-7-13-14;2-1(4)3-5/h3-6,10,15-17,21,29,32-34H,7-9,27H2,1-2H3;1-7H2,(H,10,12);5H,(H3,2,3,4)/t10-,15-,16-,17-,21+,26-;;/m0../s1. The summed E-state index contributed by atoms with van der Waals surface area (Å²) in [6.07, 6.45) is -3.48. The molecule has 1 unspecified atom stereocenters. The Labute approximate surface area is 326 Å². The zero-order valence-corrected chi connectivity index (χ0v) is 32.5. The number of hydrogen-bond donors (Lipinski definition) is 9. The predicted octanol–water partition coefficient (Wildman–Crippen LogP) is 1.95. The molecule has 0 aromatic heterocycles. The Morgan fingerprint density at radius 1 is 1.11 bits per heavy atom. The van der Waals surface area contributed by atoms with E-state index in [4.69, 9.17) is 48.1 Å². The molecule has 4 aliphatic rings. The lowest BCUT2D eigenvalue weighted by molar-refractivity contribution is -0.247. The number of amides is 2. The van der Waals surface area contributed by atoms with Crippen molar-refractivity contribution in [1.82, 2.24) is 15.2 Å². The smallest absolute Gasteiger partial charge is 0.343 e. The van der Waals surface area contributed by atoms with Crippen molar-refractivity contribution in [2.24, 2.45) is 11.5 Å². The molecule has 18 nitrogen and oxygen atoms in total. The number of benzene rings is 2. The van der Waals surface area contributed by atoms with Crippen molar-refractivity contribution in [1.29, 1.82) is 0 Å². The lowest BCUT2D eigenvalue weighted by atomic mass is 9.72. The second-order valence-electron chi connectivity index (χ2n) is 13.2. The van der Waals surface area contributed by atoms with Gasteiger partial charge in [-0.2, -0.15) is 0 Å². The number of Topliss-reactive ketones (excluding diaryl/α,β-unsaturated/α-hetero) is 1. The maximum atomic E-state index is 13.3. The molecule has 2 aromatic rings. The molecule has 55 heavy (non-hydrogen) atoms. The van der Waals surface area contributed by atoms with Crippen molar-refractivity contribution in [2.45, 2.75) is 75.8 Å². The van der Waals surface area contributed by atoms with E-state index < -0.39 is 85.2 Å². The Morgan fingerprint density at radius 2 is 1.71 bits per heavy atom. The zero-order chi connectivity index (χ0) is 40.8. The molecule has 0 spiro atoms. The fraction of sp³-hybridized carbons (Fsp3) is 0.529. The number of rotatable bonds is 8. The van der Waals surface area contributed by atoms with Gasteiger partial charge in [-0.25, -0.2) is 20.0 Å². The number of carbonyl (C=O) groups excluding carboxylic acids is 4. The lowest BCUT2D eigenvalue weighted by Crippen LogP contribution is -2.52. The van der Waals surface area contributed by atoms with E-state index in [2.05, 4.69) is 10.8 Å². The third kappa shape index (κ3) is 9.67. The van der Waals surface area contributed by atoms with Crippen LogP contribution in [0.2, 0.25) is 0 Å². The first-order valence-electron chi connectivity index (χ1n) is 17.3. The summed E-state index contributed by atoms with van der Waals surface area (Å²) in [4.78, 5) is 48.3. The number of ketones is 3. The third-order valence-corrected chi connectivity index (χ3v) is 12.2. The van der Waals surface area contributed by atoms with Crippen LogP contribution < -0.4 is 22.0 Å². The molecule has 2 heterocycles. The van der Waals surface area contributed by atoms with Crippen LogP contribution in [0.25, 0.3) is 0 Å². The number of urea groups is 1. The topological polar surface area (TPSA) is 294 Å². The van der Waals surface area contributed by atoms with E-state index in [-0.39, 0.29) is 46.2 Å². The van der Waals surface area contributed by atoms with E-state index in [1.165, 1.54) is 24.5 Å². The summed E-state index contributed by atoms with van der Waals surface area (Å²) in [7, 11) is -2.84. The molecular weight excluding hydrogens is 788 g/mol. The van der Waals surface area contributed by atoms with E-state index in [9.17, 15) is 44.2 Å². The van der Waals surface area contributed by atoms with Gasteiger partial charge in [0.05, 0.1) is 36.0 Å². The number of aliphatic hydroxyl groups excluding tert-OH is 1. The molecule has 6 rings (SSSR count). The quantitative estimate of drug-likeness (QED) is 0.0515. The van der Waals surface area contributed by atoms with Gasteiger partial charge in [0.1, 0.15) is 17.1 Å². The van der Waals surface area contributed by atoms with E-state index >= 15 is 0 Å². The van der Waals surface area contributed by atoms with Crippen molar-refractivity contribution in [3.05, 3.63) is 57.6 Å². The van der Waals surface area contributed by atoms with Gasteiger partial charge in [-0.15, -0.1) is 23.2 Å². The minimum Gasteiger partial charge on any atom is -0.507 e. The van der Waals surface area contributed by atoms with E-state index in [0.717, 1.165) is 13.0 Å². The van der Waals surface area contributed by atoms with E-state index in [0.29, 0.717) is 31.5 Å². The van der Waals surface area contributed by atoms with Crippen LogP contribution >= 0.6 is 30.9 Å². The van der Waals surface area contributed by atoms with Crippen molar-refractivity contribution in [3.8, 4) is 11.5 Å². The molecule has 2 aromatic carbocycles. The molecule has 0 saturated carbocycles. The first kappa shape index (κ1) is 44.5. The molecule has 0 bridgehead atoms. The fourth-order valence-corrected chi connectivity index (χ4v) is 9.28. The normalized spacial score (nSPS) is 28.6. The molecular formula is C34H46Cl2N5O13P. The van der Waals surface area contributed by atoms with Gasteiger partial charge < -0.3 is 45.9 Å². The Hall–Kier alpha value is -3.23. The second-order valence-corrected chi connectivity index (χ2v) is 16.2. The molecule has 2 aliphatic carbocycles. The van der Waals surface area contributed by atoms with Crippen LogP contribution in [0.1, 0.15) is 82.2 Å². The molecule has 304 valence electrons. The summed E-state index contributed by atoms with van der Waals surface area (Å²) in [5, 5.41) is 54.1. The number of fused-ring (bicyclic) bond motifs is 3. The number of aliphatic hydroxyl groups is 2.